The fourth-order valence-electron chi connectivity index (χ4n) is 3.98. The van der Waals surface area contributed by atoms with Gasteiger partial charge in [-0.25, -0.2) is 0 Å². The molecule has 1 aliphatic heterocycles. The molecule has 0 radical (unpaired) electrons. The number of nitrogens with one attached hydrogen (secondary N) is 2. The van der Waals surface area contributed by atoms with Gasteiger partial charge in [0.15, 0.2) is 5.82 Å². The number of piperazine rings is 1. The molecule has 1 fully saturated rings. The number of hydrogen-bond donors (Lipinski definition) is 2. The Hall–Kier alpha value is -3.98. The molecule has 3 aromatic heterocycles. The molecule has 9 nitrogen and oxygen atoms in total. The van der Waals surface area contributed by atoms with E-state index in [1.54, 1.807) is 31.8 Å². The number of benzene rings is 1. The quantitative estimate of drug-likeness (QED) is 0.489. The molecule has 0 saturated carbocycles. The predicted molar refractivity (Wildman–Crippen MR) is 128 cm³/mol. The van der Waals surface area contributed by atoms with Gasteiger partial charge in [-0.05, 0) is 43.4 Å². The highest BCUT2D eigenvalue weighted by molar-refractivity contribution is 6.08. The molecule has 0 unspecified atom stereocenters. The Morgan fingerprint density at radius 1 is 1.09 bits per heavy atom. The summed E-state index contributed by atoms with van der Waals surface area (Å²) in [5.41, 5.74) is 3.88. The van der Waals surface area contributed by atoms with Crippen LogP contribution in [0.3, 0.4) is 0 Å². The Kier molecular flexibility index (Phi) is 5.62. The molecule has 33 heavy (non-hydrogen) atoms. The Bertz CT molecular complexity index is 1280. The first-order valence-corrected chi connectivity index (χ1v) is 10.8. The molecule has 4 heterocycles. The van der Waals surface area contributed by atoms with Crippen molar-refractivity contribution in [3.8, 4) is 17.0 Å². The molecule has 2 N–H and O–H groups in total. The zero-order chi connectivity index (χ0) is 22.8. The van der Waals surface area contributed by atoms with Crippen LogP contribution in [0.2, 0.25) is 0 Å². The zero-order valence-corrected chi connectivity index (χ0v) is 18.6. The summed E-state index contributed by atoms with van der Waals surface area (Å²) in [4.78, 5) is 26.2. The number of carbonyl (C=O) groups is 1. The Morgan fingerprint density at radius 3 is 2.64 bits per heavy atom. The van der Waals surface area contributed by atoms with E-state index in [1.165, 1.54) is 0 Å². The molecule has 4 aromatic rings. The molecule has 0 spiro atoms. The topological polar surface area (TPSA) is 99.3 Å². The van der Waals surface area contributed by atoms with E-state index in [0.29, 0.717) is 22.8 Å². The standard InChI is InChI=1S/C24H25N7O2/c1-30-9-11-31(12-10-30)17-5-3-16(4-6-17)24(32)27-23-18-13-20(26-15-21(18)28-29-23)19-14-25-8-7-22(19)33-2/h3-8,13-15H,9-12H2,1-2H3,(H2,27,28,29,32). The summed E-state index contributed by atoms with van der Waals surface area (Å²) in [6, 6.07) is 11.4. The van der Waals surface area contributed by atoms with Crippen molar-refractivity contribution in [3.63, 3.8) is 0 Å². The van der Waals surface area contributed by atoms with Crippen molar-refractivity contribution in [2.45, 2.75) is 0 Å². The van der Waals surface area contributed by atoms with Crippen LogP contribution in [0.5, 0.6) is 5.75 Å². The van der Waals surface area contributed by atoms with Crippen LogP contribution < -0.4 is 15.0 Å². The molecule has 5 rings (SSSR count). The summed E-state index contributed by atoms with van der Waals surface area (Å²) >= 11 is 0. The summed E-state index contributed by atoms with van der Waals surface area (Å²) < 4.78 is 5.43. The van der Waals surface area contributed by atoms with Crippen molar-refractivity contribution >= 4 is 28.3 Å². The van der Waals surface area contributed by atoms with Gasteiger partial charge in [0.2, 0.25) is 0 Å². The molecule has 1 aromatic carbocycles. The molecule has 168 valence electrons. The molecule has 1 saturated heterocycles. The number of carbonyl (C=O) groups excluding carboxylic acids is 1. The largest absolute Gasteiger partial charge is 0.496 e. The molecule has 0 bridgehead atoms. The first kappa shape index (κ1) is 20.9. The van der Waals surface area contributed by atoms with Gasteiger partial charge >= 0.3 is 0 Å². The molecule has 0 aliphatic carbocycles. The van der Waals surface area contributed by atoms with E-state index in [9.17, 15) is 4.79 Å². The van der Waals surface area contributed by atoms with E-state index in [-0.39, 0.29) is 5.91 Å². The van der Waals surface area contributed by atoms with E-state index in [4.69, 9.17) is 4.74 Å². The van der Waals surface area contributed by atoms with E-state index >= 15 is 0 Å². The Balaban J connectivity index is 1.36. The lowest BCUT2D eigenvalue weighted by atomic mass is 10.1. The number of pyridine rings is 2. The Morgan fingerprint density at radius 2 is 1.88 bits per heavy atom. The van der Waals surface area contributed by atoms with E-state index < -0.39 is 0 Å². The summed E-state index contributed by atoms with van der Waals surface area (Å²) in [7, 11) is 3.74. The first-order valence-electron chi connectivity index (χ1n) is 10.8. The van der Waals surface area contributed by atoms with Gasteiger partial charge in [0.05, 0.1) is 30.1 Å². The van der Waals surface area contributed by atoms with E-state index in [0.717, 1.165) is 48.3 Å². The average Bonchev–Trinajstić information content (AvgIpc) is 3.26. The number of anilines is 2. The van der Waals surface area contributed by atoms with Crippen LogP contribution in [-0.2, 0) is 0 Å². The highest BCUT2D eigenvalue weighted by Crippen LogP contribution is 2.31. The smallest absolute Gasteiger partial charge is 0.256 e. The van der Waals surface area contributed by atoms with Crippen molar-refractivity contribution in [2.75, 3.05) is 50.6 Å². The van der Waals surface area contributed by atoms with E-state index in [1.807, 2.05) is 30.3 Å². The summed E-state index contributed by atoms with van der Waals surface area (Å²) in [5.74, 6) is 0.904. The van der Waals surface area contributed by atoms with Gasteiger partial charge in [0, 0.05) is 55.2 Å². The molecular formula is C24H25N7O2. The number of likely N-dealkylation sites (N-methyl/N-ethyl adjacent to an activating group) is 1. The maximum absolute atomic E-state index is 12.9. The molecule has 1 amide bonds. The first-order chi connectivity index (χ1) is 16.1. The van der Waals surface area contributed by atoms with Gasteiger partial charge < -0.3 is 19.9 Å². The Labute approximate surface area is 191 Å². The van der Waals surface area contributed by atoms with Crippen molar-refractivity contribution in [2.24, 2.45) is 0 Å². The number of aromatic nitrogens is 4. The van der Waals surface area contributed by atoms with Crippen LogP contribution in [0.1, 0.15) is 10.4 Å². The van der Waals surface area contributed by atoms with Crippen LogP contribution in [-0.4, -0.2) is 71.3 Å². The maximum atomic E-state index is 12.9. The number of ether oxygens (including phenoxy) is 1. The predicted octanol–water partition coefficient (Wildman–Crippen LogP) is 3.03. The van der Waals surface area contributed by atoms with Crippen molar-refractivity contribution in [1.29, 1.82) is 0 Å². The minimum Gasteiger partial charge on any atom is -0.496 e. The van der Waals surface area contributed by atoms with Gasteiger partial charge in [0.25, 0.3) is 5.91 Å². The third-order valence-electron chi connectivity index (χ3n) is 5.95. The fourth-order valence-corrected chi connectivity index (χ4v) is 3.98. The average molecular weight is 444 g/mol. The number of aromatic amines is 1. The van der Waals surface area contributed by atoms with Crippen LogP contribution in [0.15, 0.2) is 55.0 Å². The number of H-pyrrole nitrogens is 1. The van der Waals surface area contributed by atoms with Crippen molar-refractivity contribution in [1.82, 2.24) is 25.1 Å². The van der Waals surface area contributed by atoms with Gasteiger partial charge in [-0.2, -0.15) is 5.10 Å². The second-order valence-corrected chi connectivity index (χ2v) is 8.05. The molecule has 1 aliphatic rings. The van der Waals surface area contributed by atoms with Crippen molar-refractivity contribution in [3.05, 3.63) is 60.6 Å². The highest BCUT2D eigenvalue weighted by atomic mass is 16.5. The molecule has 0 atom stereocenters. The number of fused-ring (bicyclic) bond motifs is 1. The third-order valence-corrected chi connectivity index (χ3v) is 5.95. The lowest BCUT2D eigenvalue weighted by Gasteiger charge is -2.34. The van der Waals surface area contributed by atoms with Gasteiger partial charge in [0.1, 0.15) is 5.75 Å². The number of hydrogen-bond acceptors (Lipinski definition) is 7. The third kappa shape index (κ3) is 4.22. The summed E-state index contributed by atoms with van der Waals surface area (Å²) in [6.45, 7) is 4.05. The minimum atomic E-state index is -0.217. The van der Waals surface area contributed by atoms with Crippen LogP contribution in [0.4, 0.5) is 11.5 Å². The molecular weight excluding hydrogens is 418 g/mol. The van der Waals surface area contributed by atoms with Gasteiger partial charge in [-0.15, -0.1) is 0 Å². The van der Waals surface area contributed by atoms with Crippen LogP contribution in [0.25, 0.3) is 22.2 Å². The second kappa shape index (κ2) is 8.87. The normalized spacial score (nSPS) is 14.4. The number of amides is 1. The van der Waals surface area contributed by atoms with Crippen LogP contribution >= 0.6 is 0 Å². The maximum Gasteiger partial charge on any atom is 0.256 e. The highest BCUT2D eigenvalue weighted by Gasteiger charge is 2.17. The summed E-state index contributed by atoms with van der Waals surface area (Å²) in [5, 5.41) is 10.9. The van der Waals surface area contributed by atoms with E-state index in [2.05, 4.69) is 42.3 Å². The second-order valence-electron chi connectivity index (χ2n) is 8.05. The number of rotatable bonds is 5. The number of nitrogens with zero attached hydrogens (tertiary/aromatic N) is 5. The van der Waals surface area contributed by atoms with Gasteiger partial charge in [-0.3, -0.25) is 19.9 Å². The minimum absolute atomic E-state index is 0.217. The fraction of sp³-hybridized carbons (Fsp3) is 0.250. The summed E-state index contributed by atoms with van der Waals surface area (Å²) in [6.07, 6.45) is 5.05. The zero-order valence-electron chi connectivity index (χ0n) is 18.6. The van der Waals surface area contributed by atoms with Gasteiger partial charge in [-0.1, -0.05) is 0 Å². The van der Waals surface area contributed by atoms with Crippen molar-refractivity contribution < 1.29 is 9.53 Å². The SMILES string of the molecule is COc1ccncc1-c1cc2c(NC(=O)c3ccc(N4CCN(C)CC4)cc3)n[nH]c2cn1. The number of methoxy groups -OCH3 is 1. The lowest BCUT2D eigenvalue weighted by molar-refractivity contribution is 0.102. The lowest BCUT2D eigenvalue weighted by Crippen LogP contribution is -2.44. The molecule has 9 heteroatoms. The monoisotopic (exact) mass is 443 g/mol. The van der Waals surface area contributed by atoms with Crippen LogP contribution in [0, 0.1) is 0 Å².